The molecule has 5 heteroatoms. The van der Waals surface area contributed by atoms with Crippen LogP contribution in [0.15, 0.2) is 48.9 Å². The van der Waals surface area contributed by atoms with Crippen molar-refractivity contribution in [2.45, 2.75) is 32.7 Å². The summed E-state index contributed by atoms with van der Waals surface area (Å²) in [6.07, 6.45) is 3.17. The van der Waals surface area contributed by atoms with Gasteiger partial charge in [0, 0.05) is 24.8 Å². The number of para-hydroxylation sites is 1. The Bertz CT molecular complexity index is 802. The Balaban J connectivity index is 2.28. The van der Waals surface area contributed by atoms with Gasteiger partial charge in [0.1, 0.15) is 5.69 Å². The third-order valence-corrected chi connectivity index (χ3v) is 3.69. The maximum atomic E-state index is 13.6. The van der Waals surface area contributed by atoms with Crippen molar-refractivity contribution in [1.29, 1.82) is 0 Å². The van der Waals surface area contributed by atoms with E-state index in [-0.39, 0.29) is 11.6 Å². The van der Waals surface area contributed by atoms with Crippen LogP contribution in [0, 0.1) is 0 Å². The molecule has 1 aromatic carbocycles. The van der Waals surface area contributed by atoms with E-state index in [2.05, 4.69) is 4.98 Å². The number of benzene rings is 1. The molecule has 3 nitrogen and oxygen atoms in total. The van der Waals surface area contributed by atoms with Crippen molar-refractivity contribution in [3.63, 3.8) is 0 Å². The average molecular weight is 302 g/mol. The number of hydrogen-bond donors (Lipinski definition) is 0. The number of halogens is 2. The van der Waals surface area contributed by atoms with Crippen molar-refractivity contribution in [3.05, 3.63) is 54.5 Å². The molecule has 0 aliphatic rings. The Morgan fingerprint density at radius 1 is 1.18 bits per heavy atom. The van der Waals surface area contributed by atoms with Gasteiger partial charge in [-0.05, 0) is 26.0 Å². The number of hydrogen-bond acceptors (Lipinski definition) is 1. The summed E-state index contributed by atoms with van der Waals surface area (Å²) in [5.41, 5.74) is 2.27. The lowest BCUT2D eigenvalue weighted by atomic mass is 10.1. The number of nitrogens with zero attached hydrogens (tertiary/aromatic N) is 3. The summed E-state index contributed by atoms with van der Waals surface area (Å²) in [6, 6.07) is 11.4. The Morgan fingerprint density at radius 2 is 1.86 bits per heavy atom. The maximum absolute atomic E-state index is 13.6. The number of aromatic nitrogens is 3. The highest BCUT2D eigenvalue weighted by atomic mass is 19.3. The fraction of sp³-hybridized carbons (Fsp3) is 0.294. The first-order chi connectivity index (χ1) is 10.4. The zero-order valence-corrected chi connectivity index (χ0v) is 12.8. The SMILES string of the molecule is CC(C)[n+]1cn(-c2ccccc2)c2ncc(C(C)(F)F)cc21. The zero-order chi connectivity index (χ0) is 15.9. The number of pyridine rings is 1. The van der Waals surface area contributed by atoms with Crippen molar-refractivity contribution in [2.24, 2.45) is 0 Å². The second kappa shape index (κ2) is 5.16. The van der Waals surface area contributed by atoms with E-state index in [0.29, 0.717) is 11.2 Å². The van der Waals surface area contributed by atoms with Crippen molar-refractivity contribution in [2.75, 3.05) is 0 Å². The molecule has 0 aliphatic heterocycles. The molecule has 3 aromatic rings. The van der Waals surface area contributed by atoms with Crippen molar-refractivity contribution < 1.29 is 13.3 Å². The quantitative estimate of drug-likeness (QED) is 0.670. The molecule has 0 atom stereocenters. The summed E-state index contributed by atoms with van der Waals surface area (Å²) in [5.74, 6) is -2.90. The van der Waals surface area contributed by atoms with E-state index in [9.17, 15) is 8.78 Å². The van der Waals surface area contributed by atoms with Crippen LogP contribution in [0.2, 0.25) is 0 Å². The molecule has 0 saturated carbocycles. The fourth-order valence-electron chi connectivity index (χ4n) is 2.49. The first kappa shape index (κ1) is 14.6. The molecule has 0 amide bonds. The fourth-order valence-corrected chi connectivity index (χ4v) is 2.49. The smallest absolute Gasteiger partial charge is 0.226 e. The van der Waals surface area contributed by atoms with Crippen LogP contribution in [-0.4, -0.2) is 9.55 Å². The third kappa shape index (κ3) is 2.47. The predicted octanol–water partition coefficient (Wildman–Crippen LogP) is 4.01. The predicted molar refractivity (Wildman–Crippen MR) is 81.2 cm³/mol. The van der Waals surface area contributed by atoms with Crippen LogP contribution < -0.4 is 4.57 Å². The van der Waals surface area contributed by atoms with Crippen LogP contribution in [0.5, 0.6) is 0 Å². The largest absolute Gasteiger partial charge is 0.273 e. The summed E-state index contributed by atoms with van der Waals surface area (Å²) in [5, 5.41) is 0. The van der Waals surface area contributed by atoms with E-state index < -0.39 is 5.92 Å². The molecule has 2 aromatic heterocycles. The highest BCUT2D eigenvalue weighted by Crippen LogP contribution is 2.28. The molecule has 3 rings (SSSR count). The Labute approximate surface area is 127 Å². The lowest BCUT2D eigenvalue weighted by Gasteiger charge is -2.09. The number of rotatable bonds is 3. The first-order valence-corrected chi connectivity index (χ1v) is 7.24. The van der Waals surface area contributed by atoms with Crippen LogP contribution in [0.1, 0.15) is 32.4 Å². The first-order valence-electron chi connectivity index (χ1n) is 7.24. The highest BCUT2D eigenvalue weighted by molar-refractivity contribution is 5.70. The van der Waals surface area contributed by atoms with Gasteiger partial charge in [-0.3, -0.25) is 0 Å². The molecular formula is C17H18F2N3+. The lowest BCUT2D eigenvalue weighted by molar-refractivity contribution is -0.691. The molecule has 0 radical (unpaired) electrons. The van der Waals surface area contributed by atoms with E-state index >= 15 is 0 Å². The van der Waals surface area contributed by atoms with Crippen LogP contribution in [0.3, 0.4) is 0 Å². The van der Waals surface area contributed by atoms with Crippen LogP contribution in [0.25, 0.3) is 16.9 Å². The molecule has 0 bridgehead atoms. The topological polar surface area (TPSA) is 21.7 Å². The Hall–Kier alpha value is -2.30. The molecule has 0 fully saturated rings. The van der Waals surface area contributed by atoms with Gasteiger partial charge in [0.05, 0.1) is 6.04 Å². The molecule has 0 unspecified atom stereocenters. The summed E-state index contributed by atoms with van der Waals surface area (Å²) < 4.78 is 31.1. The van der Waals surface area contributed by atoms with E-state index in [1.165, 1.54) is 12.3 Å². The normalized spacial score (nSPS) is 12.3. The Kier molecular flexibility index (Phi) is 3.43. The average Bonchev–Trinajstić information content (AvgIpc) is 2.86. The van der Waals surface area contributed by atoms with E-state index in [1.54, 1.807) is 0 Å². The van der Waals surface area contributed by atoms with Gasteiger partial charge in [-0.1, -0.05) is 18.2 Å². The van der Waals surface area contributed by atoms with E-state index in [1.807, 2.05) is 59.6 Å². The van der Waals surface area contributed by atoms with Crippen LogP contribution in [-0.2, 0) is 5.92 Å². The molecule has 22 heavy (non-hydrogen) atoms. The van der Waals surface area contributed by atoms with Gasteiger partial charge in [-0.2, -0.15) is 4.57 Å². The van der Waals surface area contributed by atoms with Crippen molar-refractivity contribution in [3.8, 4) is 5.69 Å². The highest BCUT2D eigenvalue weighted by Gasteiger charge is 2.28. The summed E-state index contributed by atoms with van der Waals surface area (Å²) in [6.45, 7) is 4.93. The zero-order valence-electron chi connectivity index (χ0n) is 12.8. The molecule has 0 saturated heterocycles. The van der Waals surface area contributed by atoms with Gasteiger partial charge >= 0.3 is 0 Å². The third-order valence-electron chi connectivity index (χ3n) is 3.69. The Morgan fingerprint density at radius 3 is 2.45 bits per heavy atom. The second-order valence-electron chi connectivity index (χ2n) is 5.78. The summed E-state index contributed by atoms with van der Waals surface area (Å²) in [7, 11) is 0. The van der Waals surface area contributed by atoms with Crippen molar-refractivity contribution in [1.82, 2.24) is 9.55 Å². The molecule has 2 heterocycles. The molecular weight excluding hydrogens is 284 g/mol. The van der Waals surface area contributed by atoms with Gasteiger partial charge in [0.25, 0.3) is 17.9 Å². The van der Waals surface area contributed by atoms with Gasteiger partial charge in [-0.25, -0.2) is 18.3 Å². The number of alkyl halides is 2. The van der Waals surface area contributed by atoms with Crippen molar-refractivity contribution >= 4 is 11.2 Å². The molecule has 0 N–H and O–H groups in total. The molecule has 114 valence electrons. The number of fused-ring (bicyclic) bond motifs is 1. The number of imidazole rings is 1. The van der Waals surface area contributed by atoms with Gasteiger partial charge in [-0.15, -0.1) is 0 Å². The standard InChI is InChI=1S/C17H18F2N3/c1-12(2)21-11-22(14-7-5-4-6-8-14)16-15(21)9-13(10-20-16)17(3,18)19/h4-12H,1-3H3/q+1. The minimum atomic E-state index is -2.90. The minimum Gasteiger partial charge on any atom is -0.226 e. The van der Waals surface area contributed by atoms with Gasteiger partial charge in [0.15, 0.2) is 5.52 Å². The lowest BCUT2D eigenvalue weighted by Crippen LogP contribution is -2.34. The summed E-state index contributed by atoms with van der Waals surface area (Å²) >= 11 is 0. The summed E-state index contributed by atoms with van der Waals surface area (Å²) in [4.78, 5) is 4.29. The van der Waals surface area contributed by atoms with Gasteiger partial charge < -0.3 is 0 Å². The van der Waals surface area contributed by atoms with Crippen LogP contribution in [0.4, 0.5) is 8.78 Å². The molecule has 0 spiro atoms. The van der Waals surface area contributed by atoms with E-state index in [4.69, 9.17) is 0 Å². The maximum Gasteiger partial charge on any atom is 0.273 e. The van der Waals surface area contributed by atoms with Crippen LogP contribution >= 0.6 is 0 Å². The van der Waals surface area contributed by atoms with E-state index in [0.717, 1.165) is 12.6 Å². The molecule has 0 aliphatic carbocycles. The van der Waals surface area contributed by atoms with Gasteiger partial charge in [0.2, 0.25) is 0 Å². The second-order valence-corrected chi connectivity index (χ2v) is 5.78. The monoisotopic (exact) mass is 302 g/mol. The minimum absolute atomic E-state index is 0.0692.